The maximum Gasteiger partial charge on any atom is 0.0716 e. The van der Waals surface area contributed by atoms with Gasteiger partial charge in [0, 0.05) is 13.1 Å². The van der Waals surface area contributed by atoms with Crippen LogP contribution in [0.15, 0.2) is 0 Å². The summed E-state index contributed by atoms with van der Waals surface area (Å²) in [6.45, 7) is 4.84. The number of rotatable bonds is 2. The van der Waals surface area contributed by atoms with Gasteiger partial charge in [0.2, 0.25) is 0 Å². The molecule has 1 saturated heterocycles. The molecule has 1 fully saturated rings. The van der Waals surface area contributed by atoms with Crippen molar-refractivity contribution in [2.75, 3.05) is 19.7 Å². The van der Waals surface area contributed by atoms with Crippen molar-refractivity contribution < 1.29 is 4.74 Å². The number of morpholine rings is 1. The highest BCUT2D eigenvalue weighted by Gasteiger charge is 2.11. The quantitative estimate of drug-likeness (QED) is 0.539. The summed E-state index contributed by atoms with van der Waals surface area (Å²) in [6.07, 6.45) is 2.81. The van der Waals surface area contributed by atoms with Crippen molar-refractivity contribution in [2.45, 2.75) is 25.9 Å². The van der Waals surface area contributed by atoms with E-state index >= 15 is 0 Å². The van der Waals surface area contributed by atoms with Gasteiger partial charge in [0.25, 0.3) is 0 Å². The van der Waals surface area contributed by atoms with E-state index in [0.717, 1.165) is 19.7 Å². The Labute approximate surface area is 56.6 Å². The first-order valence-electron chi connectivity index (χ1n) is 3.68. The molecule has 1 unspecified atom stereocenters. The monoisotopic (exact) mass is 128 g/mol. The Morgan fingerprint density at radius 2 is 2.56 bits per heavy atom. The van der Waals surface area contributed by atoms with Crippen LogP contribution in [0.3, 0.4) is 0 Å². The van der Waals surface area contributed by atoms with E-state index in [2.05, 4.69) is 12.2 Å². The first kappa shape index (κ1) is 7.03. The summed E-state index contributed by atoms with van der Waals surface area (Å²) in [5.41, 5.74) is 0. The van der Waals surface area contributed by atoms with Crippen LogP contribution in [-0.2, 0) is 4.74 Å². The second kappa shape index (κ2) is 3.85. The molecule has 1 rings (SSSR count). The fourth-order valence-electron chi connectivity index (χ4n) is 1.07. The Morgan fingerprint density at radius 1 is 1.67 bits per heavy atom. The highest BCUT2D eigenvalue weighted by atomic mass is 16.5. The minimum absolute atomic E-state index is 0.434. The van der Waals surface area contributed by atoms with Crippen LogP contribution in [0.1, 0.15) is 19.8 Å². The van der Waals surface area contributed by atoms with E-state index in [4.69, 9.17) is 4.74 Å². The zero-order chi connectivity index (χ0) is 6.53. The molecule has 53 valence electrons. The predicted octanol–water partition coefficient (Wildman–Crippen LogP) is 0.790. The van der Waals surface area contributed by atoms with Gasteiger partial charge in [0.05, 0.1) is 12.7 Å². The van der Waals surface area contributed by atoms with E-state index in [1.54, 1.807) is 0 Å². The van der Waals surface area contributed by atoms with Crippen molar-refractivity contribution in [3.05, 3.63) is 0 Å². The lowest BCUT2D eigenvalue weighted by Gasteiger charge is -2.21. The third kappa shape index (κ3) is 2.33. The van der Waals surface area contributed by atoms with Gasteiger partial charge in [-0.3, -0.25) is 0 Å². The van der Waals surface area contributed by atoms with Crippen molar-refractivity contribution in [3.8, 4) is 0 Å². The minimum Gasteiger partial charge on any atom is -0.375 e. The zero-order valence-electron chi connectivity index (χ0n) is 5.97. The van der Waals surface area contributed by atoms with E-state index in [9.17, 15) is 0 Å². The van der Waals surface area contributed by atoms with Crippen molar-refractivity contribution in [1.82, 2.24) is 5.32 Å². The highest BCUT2D eigenvalue weighted by Crippen LogP contribution is 2.03. The van der Waals surface area contributed by atoms with Crippen LogP contribution in [0.25, 0.3) is 0 Å². The van der Waals surface area contributed by atoms with E-state index in [1.165, 1.54) is 12.8 Å². The van der Waals surface area contributed by atoms with Crippen molar-refractivity contribution in [1.29, 1.82) is 0 Å². The van der Waals surface area contributed by atoms with E-state index in [-0.39, 0.29) is 0 Å². The lowest BCUT2D eigenvalue weighted by molar-refractivity contribution is 0.0217. The normalized spacial score (nSPS) is 28.3. The van der Waals surface area contributed by atoms with Gasteiger partial charge < -0.3 is 4.74 Å². The molecule has 0 N–H and O–H groups in total. The second-order valence-corrected chi connectivity index (χ2v) is 2.41. The van der Waals surface area contributed by atoms with Gasteiger partial charge in [0.15, 0.2) is 0 Å². The highest BCUT2D eigenvalue weighted by molar-refractivity contribution is 4.65. The number of nitrogens with zero attached hydrogens (tertiary/aromatic N) is 1. The first-order chi connectivity index (χ1) is 4.43. The molecule has 1 atom stereocenters. The molecule has 0 aromatic carbocycles. The van der Waals surface area contributed by atoms with Gasteiger partial charge in [-0.1, -0.05) is 13.3 Å². The molecule has 0 aromatic heterocycles. The largest absolute Gasteiger partial charge is 0.375 e. The number of ether oxygens (including phenoxy) is 1. The third-order valence-electron chi connectivity index (χ3n) is 1.55. The zero-order valence-corrected chi connectivity index (χ0v) is 5.97. The second-order valence-electron chi connectivity index (χ2n) is 2.41. The SMILES string of the molecule is CCCC1C[N]CCO1. The Bertz CT molecular complexity index is 66.6. The Balaban J connectivity index is 2.08. The smallest absolute Gasteiger partial charge is 0.0716 e. The summed E-state index contributed by atoms with van der Waals surface area (Å²) in [7, 11) is 0. The lowest BCUT2D eigenvalue weighted by atomic mass is 10.2. The molecule has 1 heterocycles. The van der Waals surface area contributed by atoms with Crippen LogP contribution < -0.4 is 5.32 Å². The number of hydrogen-bond acceptors (Lipinski definition) is 1. The predicted molar refractivity (Wildman–Crippen MR) is 36.5 cm³/mol. The maximum atomic E-state index is 5.42. The van der Waals surface area contributed by atoms with Crippen LogP contribution >= 0.6 is 0 Å². The summed E-state index contributed by atoms with van der Waals surface area (Å²) < 4.78 is 5.42. The van der Waals surface area contributed by atoms with Gasteiger partial charge in [0.1, 0.15) is 0 Å². The first-order valence-corrected chi connectivity index (χ1v) is 3.68. The van der Waals surface area contributed by atoms with Crippen molar-refractivity contribution >= 4 is 0 Å². The van der Waals surface area contributed by atoms with Crippen molar-refractivity contribution in [3.63, 3.8) is 0 Å². The molecular weight excluding hydrogens is 114 g/mol. The Hall–Kier alpha value is -0.0800. The van der Waals surface area contributed by atoms with E-state index in [0.29, 0.717) is 6.10 Å². The minimum atomic E-state index is 0.434. The van der Waals surface area contributed by atoms with Gasteiger partial charge in [-0.2, -0.15) is 0 Å². The summed E-state index contributed by atoms with van der Waals surface area (Å²) in [5, 5.41) is 4.25. The summed E-state index contributed by atoms with van der Waals surface area (Å²) in [5.74, 6) is 0. The summed E-state index contributed by atoms with van der Waals surface area (Å²) in [4.78, 5) is 0. The molecule has 9 heavy (non-hydrogen) atoms. The van der Waals surface area contributed by atoms with Crippen LogP contribution in [0.2, 0.25) is 0 Å². The van der Waals surface area contributed by atoms with Gasteiger partial charge >= 0.3 is 0 Å². The standard InChI is InChI=1S/C7H14NO/c1-2-3-7-6-8-4-5-9-7/h7H,2-6H2,1H3. The average molecular weight is 128 g/mol. The molecule has 2 heteroatoms. The molecule has 2 nitrogen and oxygen atoms in total. The third-order valence-corrected chi connectivity index (χ3v) is 1.55. The molecule has 0 aliphatic carbocycles. The van der Waals surface area contributed by atoms with Crippen LogP contribution in [-0.4, -0.2) is 25.8 Å². The fraction of sp³-hybridized carbons (Fsp3) is 1.00. The molecule has 0 bridgehead atoms. The van der Waals surface area contributed by atoms with Crippen LogP contribution in [0.5, 0.6) is 0 Å². The summed E-state index contributed by atoms with van der Waals surface area (Å²) in [6, 6.07) is 0. The molecule has 0 spiro atoms. The maximum absolute atomic E-state index is 5.42. The van der Waals surface area contributed by atoms with Crippen LogP contribution in [0.4, 0.5) is 0 Å². The average Bonchev–Trinajstić information content (AvgIpc) is 1.91. The Kier molecular flexibility index (Phi) is 3.01. The molecule has 0 amide bonds. The van der Waals surface area contributed by atoms with E-state index in [1.807, 2.05) is 0 Å². The topological polar surface area (TPSA) is 23.3 Å². The molecule has 1 radical (unpaired) electrons. The van der Waals surface area contributed by atoms with Crippen molar-refractivity contribution in [2.24, 2.45) is 0 Å². The van der Waals surface area contributed by atoms with Crippen LogP contribution in [0, 0.1) is 0 Å². The Morgan fingerprint density at radius 3 is 3.11 bits per heavy atom. The van der Waals surface area contributed by atoms with Gasteiger partial charge in [-0.25, -0.2) is 5.32 Å². The summed E-state index contributed by atoms with van der Waals surface area (Å²) >= 11 is 0. The number of hydrogen-bond donors (Lipinski definition) is 0. The molecular formula is C7H14NO. The molecule has 0 saturated carbocycles. The molecule has 1 aliphatic heterocycles. The van der Waals surface area contributed by atoms with E-state index < -0.39 is 0 Å². The molecule has 0 aromatic rings. The lowest BCUT2D eigenvalue weighted by Crippen LogP contribution is -2.33. The molecule has 1 aliphatic rings. The fourth-order valence-corrected chi connectivity index (χ4v) is 1.07. The van der Waals surface area contributed by atoms with Gasteiger partial charge in [-0.15, -0.1) is 0 Å². The van der Waals surface area contributed by atoms with Gasteiger partial charge in [-0.05, 0) is 6.42 Å².